The molecule has 2 rings (SSSR count). The first-order valence-corrected chi connectivity index (χ1v) is 7.01. The smallest absolute Gasteiger partial charge is 0.266 e. The molecule has 0 aliphatic heterocycles. The molecule has 9 heteroatoms. The minimum absolute atomic E-state index is 0.0276. The molecule has 0 bridgehead atoms. The lowest BCUT2D eigenvalue weighted by atomic mass is 10.3. The van der Waals surface area contributed by atoms with Crippen molar-refractivity contribution in [2.24, 2.45) is 0 Å². The molecular formula is C10H10ClN3O4S. The van der Waals surface area contributed by atoms with Gasteiger partial charge in [0.2, 0.25) is 5.88 Å². The van der Waals surface area contributed by atoms with Crippen molar-refractivity contribution in [3.05, 3.63) is 38.9 Å². The van der Waals surface area contributed by atoms with Crippen LogP contribution in [0, 0.1) is 13.8 Å². The van der Waals surface area contributed by atoms with Crippen LogP contribution in [-0.4, -0.2) is 18.6 Å². The fourth-order valence-corrected chi connectivity index (χ4v) is 2.56. The fraction of sp³-hybridized carbons (Fsp3) is 0.200. The van der Waals surface area contributed by atoms with Gasteiger partial charge in [0.05, 0.1) is 5.69 Å². The molecule has 0 radical (unpaired) electrons. The molecule has 0 spiro atoms. The number of nitrogens with zero attached hydrogens (tertiary/aromatic N) is 1. The average Bonchev–Trinajstić information content (AvgIpc) is 2.64. The van der Waals surface area contributed by atoms with Crippen LogP contribution in [0.25, 0.3) is 0 Å². The molecule has 0 amide bonds. The second-order valence-electron chi connectivity index (χ2n) is 3.84. The molecule has 2 N–H and O–H groups in total. The highest BCUT2D eigenvalue weighted by Crippen LogP contribution is 2.21. The molecule has 19 heavy (non-hydrogen) atoms. The number of nitrogens with one attached hydrogen (secondary N) is 2. The van der Waals surface area contributed by atoms with Gasteiger partial charge in [-0.2, -0.15) is 0 Å². The van der Waals surface area contributed by atoms with E-state index in [1.54, 1.807) is 13.8 Å². The number of hydrogen-bond acceptors (Lipinski definition) is 5. The maximum atomic E-state index is 12.0. The Balaban J connectivity index is 2.40. The number of H-pyrrole nitrogens is 1. The highest BCUT2D eigenvalue weighted by molar-refractivity contribution is 7.92. The van der Waals surface area contributed by atoms with Gasteiger partial charge >= 0.3 is 0 Å². The molecule has 0 atom stereocenters. The summed E-state index contributed by atoms with van der Waals surface area (Å²) in [6, 6.07) is 1.06. The van der Waals surface area contributed by atoms with Crippen LogP contribution in [0.2, 0.25) is 5.02 Å². The molecular weight excluding hydrogens is 294 g/mol. The third-order valence-electron chi connectivity index (χ3n) is 2.53. The minimum Gasteiger partial charge on any atom is -0.337 e. The highest BCUT2D eigenvalue weighted by Gasteiger charge is 2.20. The van der Waals surface area contributed by atoms with Crippen molar-refractivity contribution in [1.29, 1.82) is 0 Å². The summed E-state index contributed by atoms with van der Waals surface area (Å²) in [4.78, 5) is 13.1. The Kier molecular flexibility index (Phi) is 3.38. The number of aryl methyl sites for hydroxylation is 1. The molecule has 2 aromatic heterocycles. The summed E-state index contributed by atoms with van der Waals surface area (Å²) >= 11 is 5.59. The summed E-state index contributed by atoms with van der Waals surface area (Å²) in [5.41, 5.74) is 0.601. The Labute approximate surface area is 113 Å². The van der Waals surface area contributed by atoms with Gasteiger partial charge in [-0.05, 0) is 19.9 Å². The van der Waals surface area contributed by atoms with E-state index in [4.69, 9.17) is 16.1 Å². The molecule has 2 aromatic rings. The standard InChI is InChI=1S/C10H10ClN3O4S/c1-5-6(2)13-18-10(5)14-19(16,17)7-3-8(11)9(15)12-4-7/h3-4,14H,1-2H3,(H,12,15). The first-order chi connectivity index (χ1) is 8.81. The van der Waals surface area contributed by atoms with E-state index in [1.165, 1.54) is 0 Å². The van der Waals surface area contributed by atoms with E-state index >= 15 is 0 Å². The summed E-state index contributed by atoms with van der Waals surface area (Å²) in [7, 11) is -3.90. The number of anilines is 1. The van der Waals surface area contributed by atoms with Gasteiger partial charge in [-0.1, -0.05) is 16.8 Å². The van der Waals surface area contributed by atoms with Crippen molar-refractivity contribution in [3.8, 4) is 0 Å². The van der Waals surface area contributed by atoms with Crippen molar-refractivity contribution in [1.82, 2.24) is 10.1 Å². The van der Waals surface area contributed by atoms with Crippen LogP contribution in [0.5, 0.6) is 0 Å². The predicted octanol–water partition coefficient (Wildman–Crippen LogP) is 1.43. The molecule has 7 nitrogen and oxygen atoms in total. The Bertz CT molecular complexity index is 778. The maximum Gasteiger partial charge on any atom is 0.266 e. The zero-order chi connectivity index (χ0) is 14.2. The summed E-state index contributed by atoms with van der Waals surface area (Å²) in [6.07, 6.45) is 1.05. The van der Waals surface area contributed by atoms with Crippen LogP contribution >= 0.6 is 11.6 Å². The van der Waals surface area contributed by atoms with Gasteiger partial charge in [0, 0.05) is 11.8 Å². The van der Waals surface area contributed by atoms with E-state index in [2.05, 4.69) is 14.9 Å². The molecule has 0 saturated heterocycles. The second-order valence-corrected chi connectivity index (χ2v) is 5.93. The first kappa shape index (κ1) is 13.6. The molecule has 0 aromatic carbocycles. The summed E-state index contributed by atoms with van der Waals surface area (Å²) in [5.74, 6) is 0.0276. The van der Waals surface area contributed by atoms with Crippen molar-refractivity contribution in [2.75, 3.05) is 4.72 Å². The lowest BCUT2D eigenvalue weighted by Gasteiger charge is -2.05. The van der Waals surface area contributed by atoms with E-state index in [9.17, 15) is 13.2 Å². The average molecular weight is 304 g/mol. The van der Waals surface area contributed by atoms with Crippen molar-refractivity contribution in [2.45, 2.75) is 18.7 Å². The van der Waals surface area contributed by atoms with Gasteiger partial charge in [-0.3, -0.25) is 4.79 Å². The third kappa shape index (κ3) is 2.64. The fourth-order valence-electron chi connectivity index (χ4n) is 1.28. The predicted molar refractivity (Wildman–Crippen MR) is 68.9 cm³/mol. The Hall–Kier alpha value is -1.80. The number of sulfonamides is 1. The Morgan fingerprint density at radius 3 is 2.63 bits per heavy atom. The third-order valence-corrected chi connectivity index (χ3v) is 4.12. The topological polar surface area (TPSA) is 105 Å². The number of hydrogen-bond donors (Lipinski definition) is 2. The van der Waals surface area contributed by atoms with Gasteiger partial charge in [-0.15, -0.1) is 0 Å². The molecule has 0 saturated carbocycles. The van der Waals surface area contributed by atoms with Crippen LogP contribution in [-0.2, 0) is 10.0 Å². The van der Waals surface area contributed by atoms with Gasteiger partial charge in [0.1, 0.15) is 9.92 Å². The molecule has 0 aliphatic rings. The summed E-state index contributed by atoms with van der Waals surface area (Å²) in [5, 5.41) is 3.43. The monoisotopic (exact) mass is 303 g/mol. The lowest BCUT2D eigenvalue weighted by molar-refractivity contribution is 0.430. The number of aromatic amines is 1. The first-order valence-electron chi connectivity index (χ1n) is 5.15. The van der Waals surface area contributed by atoms with E-state index < -0.39 is 15.6 Å². The number of halogens is 1. The van der Waals surface area contributed by atoms with Crippen LogP contribution in [0.15, 0.2) is 26.5 Å². The van der Waals surface area contributed by atoms with Crippen molar-refractivity contribution < 1.29 is 12.9 Å². The Morgan fingerprint density at radius 2 is 2.11 bits per heavy atom. The molecule has 0 fully saturated rings. The van der Waals surface area contributed by atoms with Crippen molar-refractivity contribution >= 4 is 27.5 Å². The van der Waals surface area contributed by atoms with Crippen LogP contribution in [0.4, 0.5) is 5.88 Å². The van der Waals surface area contributed by atoms with Crippen LogP contribution in [0.3, 0.4) is 0 Å². The largest absolute Gasteiger partial charge is 0.337 e. The van der Waals surface area contributed by atoms with E-state index in [1.807, 2.05) is 0 Å². The lowest BCUT2D eigenvalue weighted by Crippen LogP contribution is -2.16. The molecule has 0 unspecified atom stereocenters. The van der Waals surface area contributed by atoms with Gasteiger partial charge in [0.15, 0.2) is 0 Å². The zero-order valence-corrected chi connectivity index (χ0v) is 11.6. The van der Waals surface area contributed by atoms with Gasteiger partial charge in [-0.25, -0.2) is 13.1 Å². The van der Waals surface area contributed by atoms with Gasteiger partial charge in [0.25, 0.3) is 15.6 Å². The summed E-state index contributed by atoms with van der Waals surface area (Å²) in [6.45, 7) is 3.36. The molecule has 102 valence electrons. The number of rotatable bonds is 3. The quantitative estimate of drug-likeness (QED) is 0.892. The van der Waals surface area contributed by atoms with Crippen LogP contribution in [0.1, 0.15) is 11.3 Å². The van der Waals surface area contributed by atoms with E-state index in [0.717, 1.165) is 12.3 Å². The molecule has 0 aliphatic carbocycles. The summed E-state index contributed by atoms with van der Waals surface area (Å²) < 4.78 is 31.2. The van der Waals surface area contributed by atoms with E-state index in [-0.39, 0.29) is 15.8 Å². The number of pyridine rings is 1. The second kappa shape index (κ2) is 4.71. The maximum absolute atomic E-state index is 12.0. The highest BCUT2D eigenvalue weighted by atomic mass is 35.5. The SMILES string of the molecule is Cc1noc(NS(=O)(=O)c2c[nH]c(=O)c(Cl)c2)c1C. The van der Waals surface area contributed by atoms with Crippen LogP contribution < -0.4 is 10.3 Å². The zero-order valence-electron chi connectivity index (χ0n) is 10.0. The normalized spacial score (nSPS) is 11.5. The van der Waals surface area contributed by atoms with Gasteiger partial charge < -0.3 is 9.51 Å². The Morgan fingerprint density at radius 1 is 1.42 bits per heavy atom. The number of aromatic nitrogens is 2. The molecule has 2 heterocycles. The minimum atomic E-state index is -3.90. The van der Waals surface area contributed by atoms with Crippen molar-refractivity contribution in [3.63, 3.8) is 0 Å². The van der Waals surface area contributed by atoms with E-state index in [0.29, 0.717) is 11.3 Å².